The molecule has 1 amide bonds. The summed E-state index contributed by atoms with van der Waals surface area (Å²) in [7, 11) is 1.87. The summed E-state index contributed by atoms with van der Waals surface area (Å²) in [4.78, 5) is 20.2. The molecule has 0 radical (unpaired) electrons. The van der Waals surface area contributed by atoms with Gasteiger partial charge in [-0.25, -0.2) is 4.98 Å². The Kier molecular flexibility index (Phi) is 3.75. The highest BCUT2D eigenvalue weighted by atomic mass is 16.2. The van der Waals surface area contributed by atoms with Crippen LogP contribution in [0, 0.1) is 6.92 Å². The number of benzene rings is 1. The zero-order valence-electron chi connectivity index (χ0n) is 15.8. The molecule has 0 spiro atoms. The van der Waals surface area contributed by atoms with Crippen LogP contribution in [0.4, 0.5) is 0 Å². The second-order valence-corrected chi connectivity index (χ2v) is 7.18. The molecule has 1 aliphatic heterocycles. The molecule has 7 heteroatoms. The van der Waals surface area contributed by atoms with Gasteiger partial charge in [-0.05, 0) is 13.0 Å². The Labute approximate surface area is 162 Å². The highest BCUT2D eigenvalue weighted by Crippen LogP contribution is 2.29. The number of fused-ring (bicyclic) bond motifs is 2. The number of aryl methyl sites for hydroxylation is 2. The van der Waals surface area contributed by atoms with Crippen molar-refractivity contribution in [3.63, 3.8) is 0 Å². The first kappa shape index (κ1) is 16.7. The molecule has 4 heterocycles. The van der Waals surface area contributed by atoms with Crippen LogP contribution in [0.3, 0.4) is 0 Å². The third-order valence-electron chi connectivity index (χ3n) is 5.36. The molecule has 0 bridgehead atoms. The van der Waals surface area contributed by atoms with E-state index in [9.17, 15) is 4.79 Å². The lowest BCUT2D eigenvalue weighted by atomic mass is 10.0. The van der Waals surface area contributed by atoms with Crippen LogP contribution < -0.4 is 0 Å². The molecular weight excluding hydrogens is 352 g/mol. The summed E-state index contributed by atoms with van der Waals surface area (Å²) < 4.78 is 1.75. The Morgan fingerprint density at radius 2 is 2.04 bits per heavy atom. The molecule has 1 N–H and O–H groups in total. The normalized spacial score (nSPS) is 13.7. The van der Waals surface area contributed by atoms with Crippen molar-refractivity contribution < 1.29 is 4.79 Å². The number of aromatic nitrogens is 5. The summed E-state index contributed by atoms with van der Waals surface area (Å²) in [5.74, 6) is 0.00697. The second-order valence-electron chi connectivity index (χ2n) is 7.18. The fourth-order valence-corrected chi connectivity index (χ4v) is 3.94. The highest BCUT2D eigenvalue weighted by molar-refractivity contribution is 6.07. The number of H-pyrrole nitrogens is 1. The number of carbonyl (C=O) groups is 1. The van der Waals surface area contributed by atoms with Gasteiger partial charge < -0.3 is 4.90 Å². The van der Waals surface area contributed by atoms with Crippen LogP contribution in [0.25, 0.3) is 22.3 Å². The van der Waals surface area contributed by atoms with Crippen LogP contribution in [-0.2, 0) is 20.0 Å². The molecule has 5 rings (SSSR count). The molecule has 7 nitrogen and oxygen atoms in total. The number of rotatable bonds is 2. The maximum absolute atomic E-state index is 13.5. The van der Waals surface area contributed by atoms with Gasteiger partial charge in [0.2, 0.25) is 0 Å². The topological polar surface area (TPSA) is 79.7 Å². The van der Waals surface area contributed by atoms with E-state index in [2.05, 4.69) is 15.3 Å². The van der Waals surface area contributed by atoms with Gasteiger partial charge in [0.25, 0.3) is 5.91 Å². The number of hydrogen-bond donors (Lipinski definition) is 1. The van der Waals surface area contributed by atoms with E-state index < -0.39 is 0 Å². The molecular formula is C21H20N6O. The van der Waals surface area contributed by atoms with Gasteiger partial charge in [-0.15, -0.1) is 0 Å². The lowest BCUT2D eigenvalue weighted by Gasteiger charge is -2.27. The molecule has 28 heavy (non-hydrogen) atoms. The van der Waals surface area contributed by atoms with E-state index in [0.29, 0.717) is 18.7 Å². The molecule has 0 fully saturated rings. The fraction of sp³-hybridized carbons (Fsp3) is 0.238. The van der Waals surface area contributed by atoms with E-state index in [1.807, 2.05) is 61.5 Å². The smallest absolute Gasteiger partial charge is 0.255 e. The van der Waals surface area contributed by atoms with Gasteiger partial charge in [0.15, 0.2) is 5.65 Å². The molecule has 1 aliphatic rings. The SMILES string of the molecule is Cc1nn(C)c2nc(-c3ccccc3)cc(C(=O)N3CCc4[nH]ncc4C3)c12. The molecule has 0 saturated carbocycles. The minimum absolute atomic E-state index is 0.00697. The molecule has 0 unspecified atom stereocenters. The molecule has 140 valence electrons. The number of nitrogens with one attached hydrogen (secondary N) is 1. The van der Waals surface area contributed by atoms with Crippen molar-refractivity contribution in [3.8, 4) is 11.3 Å². The third-order valence-corrected chi connectivity index (χ3v) is 5.36. The van der Waals surface area contributed by atoms with Gasteiger partial charge in [-0.2, -0.15) is 10.2 Å². The molecule has 0 saturated heterocycles. The fourth-order valence-electron chi connectivity index (χ4n) is 3.94. The Bertz CT molecular complexity index is 1190. The Morgan fingerprint density at radius 1 is 1.21 bits per heavy atom. The largest absolute Gasteiger partial charge is 0.334 e. The summed E-state index contributed by atoms with van der Waals surface area (Å²) in [6.45, 7) is 3.15. The summed E-state index contributed by atoms with van der Waals surface area (Å²) in [6.07, 6.45) is 2.59. The van der Waals surface area contributed by atoms with E-state index in [4.69, 9.17) is 4.98 Å². The third kappa shape index (κ3) is 2.58. The number of carbonyl (C=O) groups excluding carboxylic acids is 1. The van der Waals surface area contributed by atoms with Crippen molar-refractivity contribution in [2.24, 2.45) is 7.05 Å². The number of aromatic amines is 1. The van der Waals surface area contributed by atoms with Crippen molar-refractivity contribution >= 4 is 16.9 Å². The minimum Gasteiger partial charge on any atom is -0.334 e. The zero-order chi connectivity index (χ0) is 19.3. The first-order valence-electron chi connectivity index (χ1n) is 9.32. The van der Waals surface area contributed by atoms with Gasteiger partial charge in [0.1, 0.15) is 0 Å². The summed E-state index contributed by atoms with van der Waals surface area (Å²) in [6, 6.07) is 11.8. The number of hydrogen-bond acceptors (Lipinski definition) is 4. The lowest BCUT2D eigenvalue weighted by molar-refractivity contribution is 0.0736. The van der Waals surface area contributed by atoms with Crippen LogP contribution in [0.5, 0.6) is 0 Å². The Balaban J connectivity index is 1.64. The van der Waals surface area contributed by atoms with Crippen LogP contribution >= 0.6 is 0 Å². The maximum Gasteiger partial charge on any atom is 0.255 e. The van der Waals surface area contributed by atoms with Crippen molar-refractivity contribution in [1.82, 2.24) is 29.9 Å². The molecule has 0 atom stereocenters. The van der Waals surface area contributed by atoms with Gasteiger partial charge >= 0.3 is 0 Å². The standard InChI is InChI=1S/C21H20N6O/c1-13-19-16(21(28)27-9-8-17-15(12-27)11-22-24-17)10-18(14-6-4-3-5-7-14)23-20(19)26(2)25-13/h3-7,10-11H,8-9,12H2,1-2H3,(H,22,24). The van der Waals surface area contributed by atoms with Crippen LogP contribution in [-0.4, -0.2) is 42.3 Å². The summed E-state index contributed by atoms with van der Waals surface area (Å²) in [5, 5.41) is 12.5. The van der Waals surface area contributed by atoms with Crippen molar-refractivity contribution in [2.45, 2.75) is 19.9 Å². The quantitative estimate of drug-likeness (QED) is 0.587. The van der Waals surface area contributed by atoms with Gasteiger partial charge in [-0.1, -0.05) is 30.3 Å². The monoisotopic (exact) mass is 372 g/mol. The van der Waals surface area contributed by atoms with Crippen LogP contribution in [0.15, 0.2) is 42.6 Å². The lowest BCUT2D eigenvalue weighted by Crippen LogP contribution is -2.35. The zero-order valence-corrected chi connectivity index (χ0v) is 15.8. The van der Waals surface area contributed by atoms with Crippen molar-refractivity contribution in [3.05, 3.63) is 65.1 Å². The Hall–Kier alpha value is -3.48. The van der Waals surface area contributed by atoms with Crippen LogP contribution in [0.2, 0.25) is 0 Å². The predicted molar refractivity (Wildman–Crippen MR) is 106 cm³/mol. The predicted octanol–water partition coefficient (Wildman–Crippen LogP) is 2.87. The average Bonchev–Trinajstić information content (AvgIpc) is 3.31. The summed E-state index contributed by atoms with van der Waals surface area (Å²) in [5.41, 5.74) is 6.15. The van der Waals surface area contributed by atoms with E-state index in [1.165, 1.54) is 0 Å². The van der Waals surface area contributed by atoms with E-state index in [1.54, 1.807) is 4.68 Å². The van der Waals surface area contributed by atoms with Crippen molar-refractivity contribution in [1.29, 1.82) is 0 Å². The van der Waals surface area contributed by atoms with E-state index >= 15 is 0 Å². The first-order chi connectivity index (χ1) is 13.6. The van der Waals surface area contributed by atoms with Crippen molar-refractivity contribution in [2.75, 3.05) is 6.54 Å². The minimum atomic E-state index is 0.00697. The highest BCUT2D eigenvalue weighted by Gasteiger charge is 2.26. The summed E-state index contributed by atoms with van der Waals surface area (Å²) >= 11 is 0. The molecule has 3 aromatic heterocycles. The second kappa shape index (κ2) is 6.30. The molecule has 0 aliphatic carbocycles. The number of amides is 1. The number of nitrogens with zero attached hydrogens (tertiary/aromatic N) is 5. The van der Waals surface area contributed by atoms with Gasteiger partial charge in [0, 0.05) is 43.4 Å². The Morgan fingerprint density at radius 3 is 2.86 bits per heavy atom. The molecule has 4 aromatic rings. The van der Waals surface area contributed by atoms with E-state index in [-0.39, 0.29) is 5.91 Å². The number of pyridine rings is 1. The van der Waals surface area contributed by atoms with Gasteiger partial charge in [0.05, 0.1) is 28.5 Å². The maximum atomic E-state index is 13.5. The molecule has 1 aromatic carbocycles. The first-order valence-corrected chi connectivity index (χ1v) is 9.32. The van der Waals surface area contributed by atoms with Gasteiger partial charge in [-0.3, -0.25) is 14.6 Å². The van der Waals surface area contributed by atoms with E-state index in [0.717, 1.165) is 45.7 Å². The average molecular weight is 372 g/mol. The van der Waals surface area contributed by atoms with Crippen LogP contribution in [0.1, 0.15) is 27.3 Å².